The molecule has 0 aromatic heterocycles. The van der Waals surface area contributed by atoms with Gasteiger partial charge in [0.05, 0.1) is 6.61 Å². The fourth-order valence-electron chi connectivity index (χ4n) is 3.27. The van der Waals surface area contributed by atoms with Crippen molar-refractivity contribution in [1.29, 1.82) is 0 Å². The molecule has 0 bridgehead atoms. The number of carbonyl (C=O) groups is 1. The second-order valence-electron chi connectivity index (χ2n) is 8.04. The second kappa shape index (κ2) is 9.23. The van der Waals surface area contributed by atoms with E-state index in [9.17, 15) is 4.79 Å². The minimum absolute atomic E-state index is 0.0625. The summed E-state index contributed by atoms with van der Waals surface area (Å²) < 4.78 is 5.52. The molecule has 1 saturated heterocycles. The van der Waals surface area contributed by atoms with Crippen molar-refractivity contribution in [1.82, 2.24) is 10.2 Å². The molecule has 4 heteroatoms. The lowest BCUT2D eigenvalue weighted by Gasteiger charge is -2.32. The number of hydrogen-bond acceptors (Lipinski definition) is 2. The molecule has 2 rings (SSSR count). The molecule has 4 nitrogen and oxygen atoms in total. The zero-order valence-corrected chi connectivity index (χ0v) is 16.3. The van der Waals surface area contributed by atoms with Crippen LogP contribution in [0.4, 0.5) is 4.79 Å². The van der Waals surface area contributed by atoms with Crippen molar-refractivity contribution in [3.05, 3.63) is 35.4 Å². The van der Waals surface area contributed by atoms with Crippen molar-refractivity contribution >= 4 is 6.03 Å². The molecular weight excluding hydrogens is 312 g/mol. The summed E-state index contributed by atoms with van der Waals surface area (Å²) in [6.45, 7) is 12.5. The van der Waals surface area contributed by atoms with Crippen LogP contribution in [0, 0.1) is 5.92 Å². The third-order valence-electron chi connectivity index (χ3n) is 4.87. The van der Waals surface area contributed by atoms with E-state index < -0.39 is 0 Å². The minimum Gasteiger partial charge on any atom is -0.381 e. The molecule has 0 aliphatic carbocycles. The van der Waals surface area contributed by atoms with Gasteiger partial charge < -0.3 is 15.0 Å². The second-order valence-corrected chi connectivity index (χ2v) is 8.04. The lowest BCUT2D eigenvalue weighted by Crippen LogP contribution is -2.46. The van der Waals surface area contributed by atoms with E-state index in [1.54, 1.807) is 0 Å². The van der Waals surface area contributed by atoms with Crippen LogP contribution in [-0.4, -0.2) is 43.8 Å². The fourth-order valence-corrected chi connectivity index (χ4v) is 3.27. The zero-order valence-electron chi connectivity index (χ0n) is 16.3. The highest BCUT2D eigenvalue weighted by Crippen LogP contribution is 2.22. The quantitative estimate of drug-likeness (QED) is 0.846. The van der Waals surface area contributed by atoms with Gasteiger partial charge in [0.15, 0.2) is 0 Å². The van der Waals surface area contributed by atoms with E-state index in [2.05, 4.69) is 50.4 Å². The van der Waals surface area contributed by atoms with Crippen LogP contribution < -0.4 is 5.32 Å². The Bertz CT molecular complexity index is 534. The van der Waals surface area contributed by atoms with Gasteiger partial charge in [-0.15, -0.1) is 0 Å². The molecule has 0 spiro atoms. The molecule has 140 valence electrons. The van der Waals surface area contributed by atoms with Crippen molar-refractivity contribution in [3.63, 3.8) is 0 Å². The van der Waals surface area contributed by atoms with Crippen molar-refractivity contribution in [2.24, 2.45) is 5.92 Å². The van der Waals surface area contributed by atoms with E-state index in [1.165, 1.54) is 11.1 Å². The number of hydrogen-bond donors (Lipinski definition) is 1. The van der Waals surface area contributed by atoms with E-state index in [4.69, 9.17) is 4.74 Å². The Morgan fingerprint density at radius 2 is 2.00 bits per heavy atom. The van der Waals surface area contributed by atoms with E-state index >= 15 is 0 Å². The first-order valence-corrected chi connectivity index (χ1v) is 9.60. The highest BCUT2D eigenvalue weighted by Gasteiger charge is 2.23. The fraction of sp³-hybridized carbons (Fsp3) is 0.667. The van der Waals surface area contributed by atoms with Gasteiger partial charge in [0, 0.05) is 32.2 Å². The third-order valence-corrected chi connectivity index (χ3v) is 4.87. The van der Waals surface area contributed by atoms with E-state index in [0.29, 0.717) is 12.5 Å². The van der Waals surface area contributed by atoms with Crippen LogP contribution >= 0.6 is 0 Å². The number of benzene rings is 1. The summed E-state index contributed by atoms with van der Waals surface area (Å²) in [4.78, 5) is 14.3. The van der Waals surface area contributed by atoms with Crippen molar-refractivity contribution in [3.8, 4) is 0 Å². The summed E-state index contributed by atoms with van der Waals surface area (Å²) in [7, 11) is 0. The average molecular weight is 347 g/mol. The van der Waals surface area contributed by atoms with Gasteiger partial charge in [0.1, 0.15) is 0 Å². The maximum absolute atomic E-state index is 12.4. The highest BCUT2D eigenvalue weighted by molar-refractivity contribution is 5.74. The van der Waals surface area contributed by atoms with Crippen LogP contribution in [0.2, 0.25) is 0 Å². The topological polar surface area (TPSA) is 41.6 Å². The molecule has 1 fully saturated rings. The molecule has 1 unspecified atom stereocenters. The molecule has 1 heterocycles. The Balaban J connectivity index is 1.74. The molecule has 0 saturated carbocycles. The molecule has 0 radical (unpaired) electrons. The average Bonchev–Trinajstić information content (AvgIpc) is 2.60. The lowest BCUT2D eigenvalue weighted by atomic mass is 9.86. The van der Waals surface area contributed by atoms with Gasteiger partial charge in [-0.1, -0.05) is 45.0 Å². The molecule has 1 N–H and O–H groups in total. The number of nitrogens with one attached hydrogen (secondary N) is 1. The van der Waals surface area contributed by atoms with Gasteiger partial charge in [-0.3, -0.25) is 0 Å². The monoisotopic (exact) mass is 346 g/mol. The summed E-state index contributed by atoms with van der Waals surface area (Å²) in [6.07, 6.45) is 3.09. The predicted molar refractivity (Wildman–Crippen MR) is 103 cm³/mol. The van der Waals surface area contributed by atoms with E-state index in [1.807, 2.05) is 11.8 Å². The Labute approximate surface area is 152 Å². The van der Waals surface area contributed by atoms with Crippen LogP contribution in [0.5, 0.6) is 0 Å². The predicted octanol–water partition coefficient (Wildman–Crippen LogP) is 3.98. The van der Waals surface area contributed by atoms with Gasteiger partial charge in [0.25, 0.3) is 0 Å². The Hall–Kier alpha value is -1.55. The molecule has 25 heavy (non-hydrogen) atoms. The summed E-state index contributed by atoms with van der Waals surface area (Å²) in [5.41, 5.74) is 2.79. The summed E-state index contributed by atoms with van der Waals surface area (Å²) in [5.74, 6) is 0.476. The molecule has 1 aliphatic rings. The number of likely N-dealkylation sites (tertiary alicyclic amines) is 1. The largest absolute Gasteiger partial charge is 0.381 e. The Morgan fingerprint density at radius 1 is 1.28 bits per heavy atom. The third kappa shape index (κ3) is 6.35. The zero-order chi connectivity index (χ0) is 18.3. The SMILES string of the molecule is CCOCC1CCCN(C(=O)NCCc2ccc(C(C)(C)C)cc2)C1. The molecule has 1 aliphatic heterocycles. The van der Waals surface area contributed by atoms with Crippen molar-refractivity contribution in [2.45, 2.75) is 52.4 Å². The van der Waals surface area contributed by atoms with Crippen LogP contribution in [0.1, 0.15) is 51.7 Å². The molecular formula is C21H34N2O2. The van der Waals surface area contributed by atoms with Crippen molar-refractivity contribution < 1.29 is 9.53 Å². The molecule has 2 amide bonds. The number of piperidine rings is 1. The van der Waals surface area contributed by atoms with Gasteiger partial charge >= 0.3 is 6.03 Å². The number of rotatable bonds is 6. The number of urea groups is 1. The normalized spacial score (nSPS) is 18.2. The van der Waals surface area contributed by atoms with E-state index in [-0.39, 0.29) is 11.4 Å². The lowest BCUT2D eigenvalue weighted by molar-refractivity contribution is 0.0757. The maximum Gasteiger partial charge on any atom is 0.317 e. The molecule has 1 aromatic rings. The summed E-state index contributed by atoms with van der Waals surface area (Å²) >= 11 is 0. The Kier molecular flexibility index (Phi) is 7.30. The van der Waals surface area contributed by atoms with Crippen LogP contribution in [0.3, 0.4) is 0 Å². The van der Waals surface area contributed by atoms with Crippen LogP contribution in [-0.2, 0) is 16.6 Å². The summed E-state index contributed by atoms with van der Waals surface area (Å²) in [5, 5.41) is 3.07. The van der Waals surface area contributed by atoms with Gasteiger partial charge in [-0.05, 0) is 42.7 Å². The maximum atomic E-state index is 12.4. The molecule has 1 atom stereocenters. The Morgan fingerprint density at radius 3 is 2.64 bits per heavy atom. The van der Waals surface area contributed by atoms with Crippen LogP contribution in [0.15, 0.2) is 24.3 Å². The first kappa shape index (κ1) is 19.8. The minimum atomic E-state index is 0.0625. The smallest absolute Gasteiger partial charge is 0.317 e. The number of amides is 2. The summed E-state index contributed by atoms with van der Waals surface area (Å²) in [6, 6.07) is 8.80. The van der Waals surface area contributed by atoms with Crippen molar-refractivity contribution in [2.75, 3.05) is 32.8 Å². The first-order valence-electron chi connectivity index (χ1n) is 9.60. The standard InChI is InChI=1S/C21H34N2O2/c1-5-25-16-18-7-6-14-23(15-18)20(24)22-13-12-17-8-10-19(11-9-17)21(2,3)4/h8-11,18H,5-7,12-16H2,1-4H3,(H,22,24). The van der Waals surface area contributed by atoms with E-state index in [0.717, 1.165) is 45.6 Å². The van der Waals surface area contributed by atoms with Gasteiger partial charge in [-0.25, -0.2) is 4.79 Å². The highest BCUT2D eigenvalue weighted by atomic mass is 16.5. The number of carbonyl (C=O) groups excluding carboxylic acids is 1. The van der Waals surface area contributed by atoms with Gasteiger partial charge in [-0.2, -0.15) is 0 Å². The number of nitrogens with zero attached hydrogens (tertiary/aromatic N) is 1. The van der Waals surface area contributed by atoms with Crippen LogP contribution in [0.25, 0.3) is 0 Å². The number of ether oxygens (including phenoxy) is 1. The van der Waals surface area contributed by atoms with Gasteiger partial charge in [0.2, 0.25) is 0 Å². The first-order chi connectivity index (χ1) is 11.9. The molecule has 1 aromatic carbocycles.